The summed E-state index contributed by atoms with van der Waals surface area (Å²) in [5.74, 6) is 0.162. The third-order valence-electron chi connectivity index (χ3n) is 3.64. The van der Waals surface area contributed by atoms with E-state index in [1.165, 1.54) is 0 Å². The first-order valence-electron chi connectivity index (χ1n) is 8.03. The molecule has 0 unspecified atom stereocenters. The number of urea groups is 1. The lowest BCUT2D eigenvalue weighted by atomic mass is 10.1. The second kappa shape index (κ2) is 7.81. The average Bonchev–Trinajstić information content (AvgIpc) is 2.83. The van der Waals surface area contributed by atoms with Crippen LogP contribution in [0.2, 0.25) is 0 Å². The molecular formula is C17H23N3O4. The van der Waals surface area contributed by atoms with Gasteiger partial charge in [0.1, 0.15) is 11.8 Å². The summed E-state index contributed by atoms with van der Waals surface area (Å²) in [6.07, 6.45) is 0.453. The number of hydrogen-bond donors (Lipinski definition) is 3. The molecule has 2 rings (SSSR count). The molecule has 0 aliphatic carbocycles. The van der Waals surface area contributed by atoms with Crippen molar-refractivity contribution in [2.75, 3.05) is 0 Å². The Labute approximate surface area is 141 Å². The van der Waals surface area contributed by atoms with Crippen LogP contribution >= 0.6 is 0 Å². The number of imide groups is 1. The quantitative estimate of drug-likeness (QED) is 0.661. The van der Waals surface area contributed by atoms with Crippen molar-refractivity contribution in [2.45, 2.75) is 51.8 Å². The smallest absolute Gasteiger partial charge is 0.322 e. The molecule has 1 aliphatic rings. The number of carbonyl (C=O) groups excluding carboxylic acids is 3. The van der Waals surface area contributed by atoms with E-state index in [1.54, 1.807) is 0 Å². The largest absolute Gasteiger partial charge is 0.491 e. The van der Waals surface area contributed by atoms with Gasteiger partial charge in [0.05, 0.1) is 12.1 Å². The molecule has 1 aromatic carbocycles. The summed E-state index contributed by atoms with van der Waals surface area (Å²) in [7, 11) is 0. The number of amides is 4. The zero-order valence-electron chi connectivity index (χ0n) is 14.1. The van der Waals surface area contributed by atoms with Crippen LogP contribution in [0.25, 0.3) is 0 Å². The molecule has 0 radical (unpaired) electrons. The van der Waals surface area contributed by atoms with Crippen molar-refractivity contribution in [1.29, 1.82) is 0 Å². The molecule has 2 atom stereocenters. The molecule has 24 heavy (non-hydrogen) atoms. The van der Waals surface area contributed by atoms with Crippen molar-refractivity contribution in [2.24, 2.45) is 0 Å². The molecule has 130 valence electrons. The van der Waals surface area contributed by atoms with E-state index in [2.05, 4.69) is 16.0 Å². The molecule has 4 amide bonds. The molecule has 7 heteroatoms. The van der Waals surface area contributed by atoms with Crippen LogP contribution in [-0.4, -0.2) is 30.0 Å². The van der Waals surface area contributed by atoms with Gasteiger partial charge >= 0.3 is 6.03 Å². The van der Waals surface area contributed by atoms with Crippen LogP contribution in [0.3, 0.4) is 0 Å². The van der Waals surface area contributed by atoms with Crippen LogP contribution in [0.15, 0.2) is 24.3 Å². The molecule has 3 N–H and O–H groups in total. The van der Waals surface area contributed by atoms with E-state index in [4.69, 9.17) is 4.74 Å². The summed E-state index contributed by atoms with van der Waals surface area (Å²) < 4.78 is 5.76. The fraction of sp³-hybridized carbons (Fsp3) is 0.471. The van der Waals surface area contributed by atoms with E-state index in [0.717, 1.165) is 11.3 Å². The first-order chi connectivity index (χ1) is 11.4. The predicted molar refractivity (Wildman–Crippen MR) is 88.5 cm³/mol. The van der Waals surface area contributed by atoms with Gasteiger partial charge in [-0.2, -0.15) is 0 Å². The van der Waals surface area contributed by atoms with Crippen LogP contribution in [-0.2, 0) is 9.59 Å². The molecule has 1 aromatic rings. The van der Waals surface area contributed by atoms with Gasteiger partial charge in [0.25, 0.3) is 5.91 Å². The highest BCUT2D eigenvalue weighted by atomic mass is 16.5. The van der Waals surface area contributed by atoms with Crippen molar-refractivity contribution in [3.05, 3.63) is 29.8 Å². The minimum absolute atomic E-state index is 0.0403. The van der Waals surface area contributed by atoms with Gasteiger partial charge < -0.3 is 15.4 Å². The van der Waals surface area contributed by atoms with E-state index in [9.17, 15) is 14.4 Å². The Hall–Kier alpha value is -2.57. The Morgan fingerprint density at radius 1 is 1.25 bits per heavy atom. The number of nitrogens with one attached hydrogen (secondary N) is 3. The molecule has 0 spiro atoms. The maximum absolute atomic E-state index is 12.1. The van der Waals surface area contributed by atoms with E-state index in [1.807, 2.05) is 45.0 Å². The summed E-state index contributed by atoms with van der Waals surface area (Å²) in [6.45, 7) is 5.77. The summed E-state index contributed by atoms with van der Waals surface area (Å²) in [5.41, 5.74) is 0.895. The van der Waals surface area contributed by atoms with Gasteiger partial charge in [-0.25, -0.2) is 4.79 Å². The first kappa shape index (κ1) is 17.8. The third kappa shape index (κ3) is 4.71. The lowest BCUT2D eigenvalue weighted by Gasteiger charge is -2.20. The molecule has 1 fully saturated rings. The van der Waals surface area contributed by atoms with E-state index < -0.39 is 18.0 Å². The molecule has 1 aliphatic heterocycles. The summed E-state index contributed by atoms with van der Waals surface area (Å²) in [4.78, 5) is 34.6. The zero-order valence-corrected chi connectivity index (χ0v) is 14.1. The fourth-order valence-corrected chi connectivity index (χ4v) is 2.53. The minimum atomic E-state index is -0.643. The number of rotatable bonds is 7. The Morgan fingerprint density at radius 3 is 2.58 bits per heavy atom. The zero-order chi connectivity index (χ0) is 17.7. The van der Waals surface area contributed by atoms with Crippen LogP contribution in [0.5, 0.6) is 5.75 Å². The Kier molecular flexibility index (Phi) is 5.78. The topological polar surface area (TPSA) is 96.5 Å². The van der Waals surface area contributed by atoms with Crippen molar-refractivity contribution in [1.82, 2.24) is 16.0 Å². The predicted octanol–water partition coefficient (Wildman–Crippen LogP) is 1.64. The lowest BCUT2D eigenvalue weighted by molar-refractivity contribution is -0.122. The standard InChI is InChI=1S/C17H23N3O4/c1-10(2)24-14-7-5-4-6-12(14)11(3)18-15(21)9-8-13-16(22)20-17(23)19-13/h4-7,10-11,13H,8-9H2,1-3H3,(H,18,21)(H2,19,20,22,23)/t11-,13+/m1/s1. The maximum atomic E-state index is 12.1. The minimum Gasteiger partial charge on any atom is -0.491 e. The Balaban J connectivity index is 1.90. The Bertz CT molecular complexity index is 630. The van der Waals surface area contributed by atoms with Crippen LogP contribution in [0.4, 0.5) is 4.79 Å². The number of para-hydroxylation sites is 1. The highest BCUT2D eigenvalue weighted by Gasteiger charge is 2.29. The highest BCUT2D eigenvalue weighted by Crippen LogP contribution is 2.25. The van der Waals surface area contributed by atoms with Gasteiger partial charge in [-0.05, 0) is 33.3 Å². The number of hydrogen-bond acceptors (Lipinski definition) is 4. The maximum Gasteiger partial charge on any atom is 0.322 e. The average molecular weight is 333 g/mol. The third-order valence-corrected chi connectivity index (χ3v) is 3.64. The molecular weight excluding hydrogens is 310 g/mol. The monoisotopic (exact) mass is 333 g/mol. The highest BCUT2D eigenvalue weighted by molar-refractivity contribution is 6.04. The van der Waals surface area contributed by atoms with E-state index >= 15 is 0 Å². The van der Waals surface area contributed by atoms with Gasteiger partial charge in [0.2, 0.25) is 5.91 Å². The molecule has 7 nitrogen and oxygen atoms in total. The molecule has 1 heterocycles. The van der Waals surface area contributed by atoms with Gasteiger partial charge in [0.15, 0.2) is 0 Å². The van der Waals surface area contributed by atoms with E-state index in [-0.39, 0.29) is 30.9 Å². The molecule has 0 saturated carbocycles. The first-order valence-corrected chi connectivity index (χ1v) is 8.03. The second-order valence-corrected chi connectivity index (χ2v) is 6.05. The number of carbonyl (C=O) groups is 3. The van der Waals surface area contributed by atoms with Crippen LogP contribution in [0.1, 0.15) is 45.2 Å². The molecule has 1 saturated heterocycles. The second-order valence-electron chi connectivity index (χ2n) is 6.05. The molecule has 0 bridgehead atoms. The number of ether oxygens (including phenoxy) is 1. The van der Waals surface area contributed by atoms with Gasteiger partial charge in [-0.3, -0.25) is 14.9 Å². The molecule has 0 aromatic heterocycles. The van der Waals surface area contributed by atoms with Crippen LogP contribution < -0.4 is 20.7 Å². The number of benzene rings is 1. The van der Waals surface area contributed by atoms with Gasteiger partial charge in [-0.1, -0.05) is 18.2 Å². The van der Waals surface area contributed by atoms with E-state index in [0.29, 0.717) is 0 Å². The van der Waals surface area contributed by atoms with Crippen LogP contribution in [0, 0.1) is 0 Å². The fourth-order valence-electron chi connectivity index (χ4n) is 2.53. The van der Waals surface area contributed by atoms with Crippen molar-refractivity contribution >= 4 is 17.8 Å². The Morgan fingerprint density at radius 2 is 1.96 bits per heavy atom. The lowest BCUT2D eigenvalue weighted by Crippen LogP contribution is -2.32. The van der Waals surface area contributed by atoms with Crippen molar-refractivity contribution in [3.8, 4) is 5.75 Å². The summed E-state index contributed by atoms with van der Waals surface area (Å²) >= 11 is 0. The van der Waals surface area contributed by atoms with Gasteiger partial charge in [0, 0.05) is 12.0 Å². The SMILES string of the molecule is CC(C)Oc1ccccc1[C@@H](C)NC(=O)CC[C@@H]1NC(=O)NC1=O. The summed E-state index contributed by atoms with van der Waals surface area (Å²) in [5, 5.41) is 7.52. The van der Waals surface area contributed by atoms with Crippen molar-refractivity contribution < 1.29 is 19.1 Å². The van der Waals surface area contributed by atoms with Crippen molar-refractivity contribution in [3.63, 3.8) is 0 Å². The normalized spacial score (nSPS) is 18.1. The summed E-state index contributed by atoms with van der Waals surface area (Å²) in [6, 6.07) is 6.18. The van der Waals surface area contributed by atoms with Gasteiger partial charge in [-0.15, -0.1) is 0 Å².